The number of alkyl halides is 1. The lowest BCUT2D eigenvalue weighted by molar-refractivity contribution is 0.0650. The molecule has 3 nitrogen and oxygen atoms in total. The maximum absolute atomic E-state index is 13.0. The lowest BCUT2D eigenvalue weighted by atomic mass is 10.1. The second-order valence-corrected chi connectivity index (χ2v) is 4.99. The quantitative estimate of drug-likeness (QED) is 0.775. The molecule has 0 aliphatic rings. The number of halogens is 3. The van der Waals surface area contributed by atoms with Gasteiger partial charge in [-0.1, -0.05) is 29.3 Å². The Kier molecular flexibility index (Phi) is 5.04. The second-order valence-electron chi connectivity index (χ2n) is 4.15. The molecule has 0 aliphatic heterocycles. The van der Waals surface area contributed by atoms with Gasteiger partial charge >= 0.3 is 0 Å². The molecule has 2 rings (SSSR count). The van der Waals surface area contributed by atoms with Crippen LogP contribution in [0.3, 0.4) is 0 Å². The molecule has 0 radical (unpaired) electrons. The summed E-state index contributed by atoms with van der Waals surface area (Å²) in [5.74, 6) is -0.368. The summed E-state index contributed by atoms with van der Waals surface area (Å²) in [6, 6.07) is 8.17. The molecular formula is C14H12Cl2FNO2. The van der Waals surface area contributed by atoms with E-state index < -0.39 is 12.7 Å². The molecule has 1 amide bonds. The summed E-state index contributed by atoms with van der Waals surface area (Å²) >= 11 is 11.8. The first-order valence-electron chi connectivity index (χ1n) is 5.94. The van der Waals surface area contributed by atoms with Crippen molar-refractivity contribution in [3.63, 3.8) is 0 Å². The molecule has 0 spiro atoms. The second kappa shape index (κ2) is 6.77. The number of rotatable bonds is 5. The molecule has 0 N–H and O–H groups in total. The van der Waals surface area contributed by atoms with Crippen LogP contribution < -0.4 is 0 Å². The minimum atomic E-state index is -0.884. The van der Waals surface area contributed by atoms with Gasteiger partial charge < -0.3 is 9.32 Å². The molecule has 0 atom stereocenters. The highest BCUT2D eigenvalue weighted by atomic mass is 35.5. The minimum Gasteiger partial charge on any atom is -0.459 e. The molecule has 0 aliphatic carbocycles. The van der Waals surface area contributed by atoms with Crippen LogP contribution in [0.5, 0.6) is 0 Å². The van der Waals surface area contributed by atoms with Gasteiger partial charge in [0.25, 0.3) is 5.91 Å². The van der Waals surface area contributed by atoms with E-state index >= 15 is 0 Å². The molecule has 1 aromatic heterocycles. The van der Waals surface area contributed by atoms with Gasteiger partial charge in [-0.05, 0) is 36.2 Å². The molecule has 106 valence electrons. The van der Waals surface area contributed by atoms with Crippen LogP contribution in [0.1, 0.15) is 16.1 Å². The highest BCUT2D eigenvalue weighted by Gasteiger charge is 2.18. The molecule has 0 saturated carbocycles. The van der Waals surface area contributed by atoms with E-state index in [0.717, 1.165) is 10.5 Å². The predicted octanol–water partition coefficient (Wildman–Crippen LogP) is 4.20. The number of hydrogen-bond acceptors (Lipinski definition) is 2. The fourth-order valence-corrected chi connectivity index (χ4v) is 2.25. The maximum atomic E-state index is 13.0. The Morgan fingerprint density at radius 1 is 1.30 bits per heavy atom. The first kappa shape index (κ1) is 14.9. The summed E-state index contributed by atoms with van der Waals surface area (Å²) in [6.07, 6.45) is 1.81. The van der Waals surface area contributed by atoms with E-state index in [1.165, 1.54) is 12.3 Å². The fourth-order valence-electron chi connectivity index (χ4n) is 1.75. The Morgan fingerprint density at radius 2 is 2.10 bits per heavy atom. The van der Waals surface area contributed by atoms with Crippen LogP contribution in [0.15, 0.2) is 41.0 Å². The van der Waals surface area contributed by atoms with Crippen LogP contribution in [-0.2, 0) is 6.42 Å². The minimum absolute atomic E-state index is 0.116. The zero-order valence-corrected chi connectivity index (χ0v) is 12.0. The lowest BCUT2D eigenvalue weighted by Crippen LogP contribution is -2.32. The van der Waals surface area contributed by atoms with E-state index in [-0.39, 0.29) is 12.3 Å². The topological polar surface area (TPSA) is 33.5 Å². The number of carbonyl (C=O) groups is 1. The van der Waals surface area contributed by atoms with Gasteiger partial charge in [-0.3, -0.25) is 4.79 Å². The third-order valence-corrected chi connectivity index (χ3v) is 3.42. The van der Waals surface area contributed by atoms with E-state index in [0.29, 0.717) is 16.5 Å². The number of hydrogen-bond donors (Lipinski definition) is 0. The lowest BCUT2D eigenvalue weighted by Gasteiger charge is -2.18. The largest absolute Gasteiger partial charge is 0.459 e. The van der Waals surface area contributed by atoms with Crippen LogP contribution >= 0.6 is 23.2 Å². The predicted molar refractivity (Wildman–Crippen MR) is 75.9 cm³/mol. The number of furan rings is 1. The van der Waals surface area contributed by atoms with Crippen LogP contribution in [0.25, 0.3) is 0 Å². The zero-order chi connectivity index (χ0) is 14.5. The normalized spacial score (nSPS) is 10.6. The van der Waals surface area contributed by atoms with Crippen molar-refractivity contribution in [2.24, 2.45) is 0 Å². The number of carbonyl (C=O) groups excluding carboxylic acids is 1. The van der Waals surface area contributed by atoms with Crippen molar-refractivity contribution in [1.29, 1.82) is 0 Å². The molecule has 0 saturated heterocycles. The summed E-state index contributed by atoms with van der Waals surface area (Å²) in [5, 5.41) is 1.04. The van der Waals surface area contributed by atoms with Crippen LogP contribution in [0.2, 0.25) is 10.0 Å². The summed E-state index contributed by atoms with van der Waals surface area (Å²) in [4.78, 5) is 13.0. The Labute approximate surface area is 125 Å². The van der Waals surface area contributed by atoms with E-state index in [2.05, 4.69) is 0 Å². The van der Waals surface area contributed by atoms with E-state index in [1.54, 1.807) is 24.3 Å². The zero-order valence-electron chi connectivity index (χ0n) is 10.5. The van der Waals surface area contributed by atoms with E-state index in [1.807, 2.05) is 0 Å². The molecule has 1 heterocycles. The smallest absolute Gasteiger partial charge is 0.291 e. The van der Waals surface area contributed by atoms with Gasteiger partial charge in [-0.25, -0.2) is 4.39 Å². The highest BCUT2D eigenvalue weighted by molar-refractivity contribution is 6.35. The van der Waals surface area contributed by atoms with Gasteiger partial charge in [-0.15, -0.1) is 0 Å². The molecule has 2 aromatic rings. The van der Waals surface area contributed by atoms with E-state index in [4.69, 9.17) is 27.6 Å². The van der Waals surface area contributed by atoms with Gasteiger partial charge in [0.2, 0.25) is 0 Å². The molecule has 0 bridgehead atoms. The summed E-state index contributed by atoms with van der Waals surface area (Å²) in [6.45, 7) is -0.678. The highest BCUT2D eigenvalue weighted by Crippen LogP contribution is 2.21. The molecular weight excluding hydrogens is 304 g/mol. The average Bonchev–Trinajstić information content (AvgIpc) is 2.95. The number of nitrogens with zero attached hydrogens (tertiary/aromatic N) is 1. The molecule has 0 unspecified atom stereocenters. The van der Waals surface area contributed by atoms with Crippen LogP contribution in [-0.4, -0.2) is 24.2 Å². The van der Waals surface area contributed by atoms with Crippen molar-refractivity contribution < 1.29 is 13.6 Å². The fraction of sp³-hybridized carbons (Fsp3) is 0.214. The third-order valence-electron chi connectivity index (χ3n) is 2.83. The third kappa shape index (κ3) is 3.52. The van der Waals surface area contributed by atoms with Crippen molar-refractivity contribution in [3.8, 4) is 0 Å². The van der Waals surface area contributed by atoms with Crippen LogP contribution in [0, 0.1) is 0 Å². The molecule has 0 fully saturated rings. The molecule has 1 aromatic carbocycles. The van der Waals surface area contributed by atoms with Gasteiger partial charge in [0.1, 0.15) is 0 Å². The van der Waals surface area contributed by atoms with Gasteiger partial charge in [0.15, 0.2) is 12.6 Å². The van der Waals surface area contributed by atoms with Crippen LogP contribution in [0.4, 0.5) is 4.39 Å². The Balaban J connectivity index is 2.02. The molecule has 6 heteroatoms. The SMILES string of the molecule is O=C(c1ccco1)N(CF)CCc1ccc(Cl)cc1Cl. The Hall–Kier alpha value is -1.52. The van der Waals surface area contributed by atoms with Gasteiger partial charge in [0, 0.05) is 16.6 Å². The average molecular weight is 316 g/mol. The Morgan fingerprint density at radius 3 is 2.70 bits per heavy atom. The maximum Gasteiger partial charge on any atom is 0.291 e. The first-order chi connectivity index (χ1) is 9.61. The van der Waals surface area contributed by atoms with Crippen molar-refractivity contribution in [3.05, 3.63) is 58.0 Å². The van der Waals surface area contributed by atoms with Crippen molar-refractivity contribution in [2.75, 3.05) is 13.3 Å². The standard InChI is InChI=1S/C14H12Cl2FNO2/c15-11-4-3-10(12(16)8-11)5-6-18(9-17)14(19)13-2-1-7-20-13/h1-4,7-8H,5-6,9H2. The number of amides is 1. The van der Waals surface area contributed by atoms with E-state index in [9.17, 15) is 9.18 Å². The van der Waals surface area contributed by atoms with Gasteiger partial charge in [0.05, 0.1) is 6.26 Å². The Bertz CT molecular complexity index is 587. The molecule has 20 heavy (non-hydrogen) atoms. The summed E-state index contributed by atoms with van der Waals surface area (Å²) in [5.41, 5.74) is 0.807. The summed E-state index contributed by atoms with van der Waals surface area (Å²) in [7, 11) is 0. The van der Waals surface area contributed by atoms with Gasteiger partial charge in [-0.2, -0.15) is 0 Å². The number of benzene rings is 1. The first-order valence-corrected chi connectivity index (χ1v) is 6.70. The van der Waals surface area contributed by atoms with Crippen molar-refractivity contribution in [1.82, 2.24) is 4.90 Å². The monoisotopic (exact) mass is 315 g/mol. The van der Waals surface area contributed by atoms with Crippen molar-refractivity contribution in [2.45, 2.75) is 6.42 Å². The van der Waals surface area contributed by atoms with Crippen molar-refractivity contribution >= 4 is 29.1 Å². The summed E-state index contributed by atoms with van der Waals surface area (Å²) < 4.78 is 17.9.